The summed E-state index contributed by atoms with van der Waals surface area (Å²) in [4.78, 5) is 32.1. The molecule has 0 saturated heterocycles. The van der Waals surface area contributed by atoms with Crippen LogP contribution in [0.4, 0.5) is 19.0 Å². The fourth-order valence-corrected chi connectivity index (χ4v) is 4.06. The molecule has 35 heavy (non-hydrogen) atoms. The number of carbonyl (C=O) groups excluding carboxylic acids is 2. The second-order valence-electron chi connectivity index (χ2n) is 6.98. The minimum Gasteiger partial charge on any atom is -0.459 e. The maximum Gasteiger partial charge on any atom is 0.417 e. The molecular formula is C19H16F3N7O5S. The molecular weight excluding hydrogens is 495 g/mol. The Hall–Kier alpha value is -4.08. The summed E-state index contributed by atoms with van der Waals surface area (Å²) in [6.45, 7) is 2.84. The number of anilines is 1. The summed E-state index contributed by atoms with van der Waals surface area (Å²) in [6.07, 6.45) is -2.71. The Labute approximate surface area is 194 Å². The molecule has 0 aliphatic heterocycles. The van der Waals surface area contributed by atoms with Crippen LogP contribution >= 0.6 is 0 Å². The summed E-state index contributed by atoms with van der Waals surface area (Å²) in [6, 6.07) is 3.16. The quantitative estimate of drug-likeness (QED) is 0.312. The Morgan fingerprint density at radius 2 is 1.89 bits per heavy atom. The molecule has 184 valence electrons. The van der Waals surface area contributed by atoms with Gasteiger partial charge in [-0.05, 0) is 25.1 Å². The number of sulfone groups is 1. The van der Waals surface area contributed by atoms with Crippen molar-refractivity contribution >= 4 is 38.8 Å². The van der Waals surface area contributed by atoms with Gasteiger partial charge in [0.2, 0.25) is 0 Å². The van der Waals surface area contributed by atoms with Gasteiger partial charge in [-0.1, -0.05) is 6.92 Å². The lowest BCUT2D eigenvalue weighted by Gasteiger charge is -2.06. The van der Waals surface area contributed by atoms with Gasteiger partial charge in [0, 0.05) is 12.4 Å². The van der Waals surface area contributed by atoms with Gasteiger partial charge in [-0.15, -0.1) is 5.10 Å². The molecule has 0 aromatic carbocycles. The number of pyridine rings is 1. The van der Waals surface area contributed by atoms with Crippen molar-refractivity contribution in [2.24, 2.45) is 0 Å². The fraction of sp³-hybridized carbons (Fsp3) is 0.263. The van der Waals surface area contributed by atoms with E-state index < -0.39 is 38.5 Å². The lowest BCUT2D eigenvalue weighted by molar-refractivity contribution is -0.152. The van der Waals surface area contributed by atoms with E-state index >= 15 is 0 Å². The van der Waals surface area contributed by atoms with Crippen LogP contribution in [0.3, 0.4) is 0 Å². The third kappa shape index (κ3) is 4.39. The van der Waals surface area contributed by atoms with Crippen molar-refractivity contribution in [2.45, 2.75) is 25.0 Å². The van der Waals surface area contributed by atoms with Crippen molar-refractivity contribution < 1.29 is 35.9 Å². The highest BCUT2D eigenvalue weighted by Gasteiger charge is 2.32. The molecule has 0 radical (unpaired) electrons. The molecule has 0 aliphatic carbocycles. The van der Waals surface area contributed by atoms with Crippen LogP contribution in [0.1, 0.15) is 19.4 Å². The minimum atomic E-state index is -4.63. The lowest BCUT2D eigenvalue weighted by Crippen LogP contribution is -2.26. The first-order valence-electron chi connectivity index (χ1n) is 9.98. The molecule has 0 bridgehead atoms. The molecule has 4 heterocycles. The zero-order valence-electron chi connectivity index (χ0n) is 18.1. The Bertz CT molecular complexity index is 1580. The van der Waals surface area contributed by atoms with E-state index in [1.807, 2.05) is 0 Å². The number of fused-ring (bicyclic) bond motifs is 2. The Morgan fingerprint density at radius 1 is 1.14 bits per heavy atom. The van der Waals surface area contributed by atoms with Gasteiger partial charge in [-0.2, -0.15) is 22.8 Å². The summed E-state index contributed by atoms with van der Waals surface area (Å²) in [5, 5.41) is 9.82. The molecule has 0 spiro atoms. The molecule has 16 heteroatoms. The predicted octanol–water partition coefficient (Wildman–Crippen LogP) is 1.75. The maximum atomic E-state index is 13.1. The van der Waals surface area contributed by atoms with Crippen LogP contribution in [-0.2, 0) is 30.3 Å². The molecule has 0 unspecified atom stereocenters. The standard InChI is InChI=1S/C19H16F3N7O5S/c1-3-34-18(31)16(30)25-12-7-8-23-15-13(17(27-29(12)15)35(32,33)4-2)14-24-11-6-5-10(19(20,21)22)9-28(11)26-14/h5-9H,3-4H2,1-2H3,(H,25,30). The molecule has 1 amide bonds. The van der Waals surface area contributed by atoms with E-state index in [4.69, 9.17) is 0 Å². The monoisotopic (exact) mass is 511 g/mol. The van der Waals surface area contributed by atoms with Crippen molar-refractivity contribution in [3.05, 3.63) is 36.2 Å². The van der Waals surface area contributed by atoms with E-state index in [0.717, 1.165) is 21.2 Å². The highest BCUT2D eigenvalue weighted by atomic mass is 32.2. The lowest BCUT2D eigenvalue weighted by atomic mass is 10.3. The number of hydrogen-bond acceptors (Lipinski definition) is 9. The fourth-order valence-electron chi connectivity index (χ4n) is 3.09. The van der Waals surface area contributed by atoms with Crippen molar-refractivity contribution in [2.75, 3.05) is 17.7 Å². The number of aromatic nitrogens is 6. The summed E-state index contributed by atoms with van der Waals surface area (Å²) in [7, 11) is -4.02. The molecule has 4 rings (SSSR count). The van der Waals surface area contributed by atoms with E-state index in [2.05, 4.69) is 30.2 Å². The first-order chi connectivity index (χ1) is 16.5. The van der Waals surface area contributed by atoms with Gasteiger partial charge in [-0.3, -0.25) is 4.79 Å². The van der Waals surface area contributed by atoms with Gasteiger partial charge in [0.1, 0.15) is 11.4 Å². The minimum absolute atomic E-state index is 0.0129. The van der Waals surface area contributed by atoms with Crippen LogP contribution in [-0.4, -0.2) is 61.9 Å². The van der Waals surface area contributed by atoms with E-state index in [1.54, 1.807) is 0 Å². The number of amides is 1. The largest absolute Gasteiger partial charge is 0.459 e. The number of esters is 1. The van der Waals surface area contributed by atoms with Crippen molar-refractivity contribution in [1.82, 2.24) is 29.2 Å². The zero-order chi connectivity index (χ0) is 25.5. The zero-order valence-corrected chi connectivity index (χ0v) is 18.9. The summed E-state index contributed by atoms with van der Waals surface area (Å²) < 4.78 is 71.4. The van der Waals surface area contributed by atoms with Crippen LogP contribution in [0.2, 0.25) is 0 Å². The van der Waals surface area contributed by atoms with Gasteiger partial charge >= 0.3 is 18.1 Å². The van der Waals surface area contributed by atoms with Crippen molar-refractivity contribution in [1.29, 1.82) is 0 Å². The summed E-state index contributed by atoms with van der Waals surface area (Å²) in [5.41, 5.74) is -1.27. The van der Waals surface area contributed by atoms with Gasteiger partial charge in [0.05, 0.1) is 17.9 Å². The number of halogens is 3. The molecule has 4 aromatic heterocycles. The van der Waals surface area contributed by atoms with Crippen LogP contribution < -0.4 is 5.32 Å². The first kappa shape index (κ1) is 24.1. The number of carbonyl (C=O) groups is 2. The predicted molar refractivity (Wildman–Crippen MR) is 113 cm³/mol. The maximum absolute atomic E-state index is 13.1. The summed E-state index contributed by atoms with van der Waals surface area (Å²) in [5.74, 6) is -3.06. The second-order valence-corrected chi connectivity index (χ2v) is 9.17. The average Bonchev–Trinajstić information content (AvgIpc) is 3.40. The van der Waals surface area contributed by atoms with E-state index in [1.165, 1.54) is 26.1 Å². The van der Waals surface area contributed by atoms with Gasteiger partial charge in [-0.25, -0.2) is 27.7 Å². The Morgan fingerprint density at radius 3 is 2.54 bits per heavy atom. The normalized spacial score (nSPS) is 12.3. The smallest absolute Gasteiger partial charge is 0.417 e. The molecule has 1 N–H and O–H groups in total. The topological polar surface area (TPSA) is 150 Å². The second kappa shape index (κ2) is 8.61. The summed E-state index contributed by atoms with van der Waals surface area (Å²) >= 11 is 0. The van der Waals surface area contributed by atoms with E-state index in [0.29, 0.717) is 6.20 Å². The third-order valence-corrected chi connectivity index (χ3v) is 6.38. The average molecular weight is 511 g/mol. The Balaban J connectivity index is 1.92. The number of hydrogen-bond donors (Lipinski definition) is 1. The van der Waals surface area contributed by atoms with E-state index in [9.17, 15) is 31.2 Å². The molecule has 0 fully saturated rings. The van der Waals surface area contributed by atoms with Gasteiger partial charge in [0.15, 0.2) is 32.0 Å². The highest BCUT2D eigenvalue weighted by Crippen LogP contribution is 2.32. The van der Waals surface area contributed by atoms with Crippen LogP contribution in [0.25, 0.3) is 22.7 Å². The number of ether oxygens (including phenoxy) is 1. The first-order valence-corrected chi connectivity index (χ1v) is 11.6. The highest BCUT2D eigenvalue weighted by molar-refractivity contribution is 7.91. The van der Waals surface area contributed by atoms with E-state index in [-0.39, 0.29) is 40.9 Å². The van der Waals surface area contributed by atoms with Crippen LogP contribution in [0.5, 0.6) is 0 Å². The van der Waals surface area contributed by atoms with Crippen molar-refractivity contribution in [3.63, 3.8) is 0 Å². The molecule has 0 saturated carbocycles. The number of rotatable bonds is 5. The number of alkyl halides is 3. The SMILES string of the molecule is CCOC(=O)C(=O)Nc1ccnc2c(-c3nc4ccc(C(F)(F)F)cn4n3)c(S(=O)(=O)CC)nn12. The molecule has 4 aromatic rings. The molecule has 12 nitrogen and oxygen atoms in total. The number of nitrogens with zero attached hydrogens (tertiary/aromatic N) is 6. The van der Waals surface area contributed by atoms with Gasteiger partial charge < -0.3 is 10.1 Å². The van der Waals surface area contributed by atoms with Crippen molar-refractivity contribution in [3.8, 4) is 11.4 Å². The molecule has 0 atom stereocenters. The van der Waals surface area contributed by atoms with Crippen LogP contribution in [0, 0.1) is 0 Å². The molecule has 0 aliphatic rings. The Kier molecular flexibility index (Phi) is 5.92. The van der Waals surface area contributed by atoms with Crippen LogP contribution in [0.15, 0.2) is 35.6 Å². The van der Waals surface area contributed by atoms with Gasteiger partial charge in [0.25, 0.3) is 0 Å². The number of nitrogens with one attached hydrogen (secondary N) is 1. The third-order valence-electron chi connectivity index (χ3n) is 4.75.